The number of nitrogens with zero attached hydrogens (tertiary/aromatic N) is 2. The van der Waals surface area contributed by atoms with Gasteiger partial charge in [-0.2, -0.15) is 0 Å². The zero-order chi connectivity index (χ0) is 21.1. The summed E-state index contributed by atoms with van der Waals surface area (Å²) in [7, 11) is 0. The minimum absolute atomic E-state index is 0.272. The number of carbonyl (C=O) groups excluding carboxylic acids is 1. The molecule has 4 rings (SSSR count). The molecule has 7 heteroatoms. The van der Waals surface area contributed by atoms with Crippen molar-refractivity contribution in [1.29, 1.82) is 0 Å². The Morgan fingerprint density at radius 1 is 1.07 bits per heavy atom. The average Bonchev–Trinajstić information content (AvgIpc) is 3.21. The van der Waals surface area contributed by atoms with Crippen LogP contribution in [-0.4, -0.2) is 15.9 Å². The van der Waals surface area contributed by atoms with Gasteiger partial charge in [0.25, 0.3) is 5.91 Å². The third kappa shape index (κ3) is 4.36. The number of carbonyl (C=O) groups is 1. The van der Waals surface area contributed by atoms with Crippen molar-refractivity contribution in [2.45, 2.75) is 13.8 Å². The maximum absolute atomic E-state index is 13.8. The highest BCUT2D eigenvalue weighted by Crippen LogP contribution is 2.29. The molecule has 2 N–H and O–H groups in total. The topological polar surface area (TPSA) is 66.9 Å². The van der Waals surface area contributed by atoms with Gasteiger partial charge in [-0.05, 0) is 61.4 Å². The summed E-state index contributed by atoms with van der Waals surface area (Å²) in [6, 6.07) is 13.8. The normalized spacial score (nSPS) is 10.6. The maximum Gasteiger partial charge on any atom is 0.255 e. The molecule has 5 nitrogen and oxygen atoms in total. The minimum Gasteiger partial charge on any atom is -0.331 e. The van der Waals surface area contributed by atoms with E-state index in [1.165, 1.54) is 17.4 Å². The molecule has 1 amide bonds. The van der Waals surface area contributed by atoms with Crippen molar-refractivity contribution in [3.63, 3.8) is 0 Å². The first-order chi connectivity index (χ1) is 14.5. The lowest BCUT2D eigenvalue weighted by Crippen LogP contribution is -2.12. The third-order valence-corrected chi connectivity index (χ3v) is 5.39. The highest BCUT2D eigenvalue weighted by atomic mass is 32.1. The predicted octanol–water partition coefficient (Wildman–Crippen LogP) is 5.96. The largest absolute Gasteiger partial charge is 0.331 e. The Bertz CT molecular complexity index is 1210. The number of aromatic nitrogens is 2. The van der Waals surface area contributed by atoms with Crippen LogP contribution in [0.1, 0.15) is 21.5 Å². The highest BCUT2D eigenvalue weighted by Gasteiger charge is 2.11. The molecule has 0 unspecified atom stereocenters. The van der Waals surface area contributed by atoms with Gasteiger partial charge < -0.3 is 10.6 Å². The van der Waals surface area contributed by atoms with E-state index in [4.69, 9.17) is 0 Å². The lowest BCUT2D eigenvalue weighted by atomic mass is 10.1. The summed E-state index contributed by atoms with van der Waals surface area (Å²) < 4.78 is 13.8. The van der Waals surface area contributed by atoms with Gasteiger partial charge in [-0.25, -0.2) is 9.37 Å². The summed E-state index contributed by atoms with van der Waals surface area (Å²) in [5.74, 6) is -0.765. The molecule has 0 aliphatic carbocycles. The van der Waals surface area contributed by atoms with Gasteiger partial charge in [0.15, 0.2) is 5.13 Å². The Hall–Kier alpha value is -3.58. The summed E-state index contributed by atoms with van der Waals surface area (Å²) in [6.07, 6.45) is 3.50. The van der Waals surface area contributed by atoms with Gasteiger partial charge >= 0.3 is 0 Å². The van der Waals surface area contributed by atoms with E-state index in [2.05, 4.69) is 20.6 Å². The van der Waals surface area contributed by atoms with E-state index >= 15 is 0 Å². The molecule has 0 bridgehead atoms. The molecule has 30 heavy (non-hydrogen) atoms. The van der Waals surface area contributed by atoms with Crippen molar-refractivity contribution in [2.24, 2.45) is 0 Å². The fourth-order valence-electron chi connectivity index (χ4n) is 2.87. The maximum atomic E-state index is 13.8. The lowest BCUT2D eigenvalue weighted by molar-refractivity contribution is 0.102. The summed E-state index contributed by atoms with van der Waals surface area (Å²) in [5, 5.41) is 8.83. The molecule has 0 spiro atoms. The van der Waals surface area contributed by atoms with E-state index in [0.29, 0.717) is 11.3 Å². The van der Waals surface area contributed by atoms with E-state index in [-0.39, 0.29) is 11.5 Å². The van der Waals surface area contributed by atoms with Crippen LogP contribution in [0.3, 0.4) is 0 Å². The first kappa shape index (κ1) is 19.7. The number of amides is 1. The van der Waals surface area contributed by atoms with Crippen LogP contribution in [0, 0.1) is 19.7 Å². The Kier molecular flexibility index (Phi) is 5.54. The number of pyridine rings is 1. The van der Waals surface area contributed by atoms with Crippen LogP contribution in [0.2, 0.25) is 0 Å². The summed E-state index contributed by atoms with van der Waals surface area (Å²) in [4.78, 5) is 21.2. The molecule has 2 aromatic heterocycles. The van der Waals surface area contributed by atoms with Crippen LogP contribution in [0.4, 0.5) is 20.9 Å². The molecule has 0 saturated heterocycles. The first-order valence-electron chi connectivity index (χ1n) is 9.31. The van der Waals surface area contributed by atoms with E-state index in [0.717, 1.165) is 27.6 Å². The summed E-state index contributed by atoms with van der Waals surface area (Å²) in [5.41, 5.74) is 5.02. The van der Waals surface area contributed by atoms with Crippen LogP contribution in [0.5, 0.6) is 0 Å². The van der Waals surface area contributed by atoms with Crippen molar-refractivity contribution >= 4 is 33.8 Å². The van der Waals surface area contributed by atoms with Crippen LogP contribution >= 0.6 is 11.3 Å². The molecule has 2 heterocycles. The fraction of sp³-hybridized carbons (Fsp3) is 0.0870. The third-order valence-electron chi connectivity index (χ3n) is 4.63. The van der Waals surface area contributed by atoms with E-state index in [9.17, 15) is 9.18 Å². The van der Waals surface area contributed by atoms with Gasteiger partial charge in [-0.3, -0.25) is 9.78 Å². The number of anilines is 3. The molecule has 2 aromatic carbocycles. The predicted molar refractivity (Wildman–Crippen MR) is 119 cm³/mol. The van der Waals surface area contributed by atoms with Gasteiger partial charge in [-0.1, -0.05) is 12.1 Å². The van der Waals surface area contributed by atoms with Crippen molar-refractivity contribution in [1.82, 2.24) is 9.97 Å². The summed E-state index contributed by atoms with van der Waals surface area (Å²) >= 11 is 1.49. The molecule has 4 aromatic rings. The van der Waals surface area contributed by atoms with Crippen molar-refractivity contribution in [2.75, 3.05) is 10.6 Å². The molecular formula is C23H19FN4OS. The second kappa shape index (κ2) is 8.42. The zero-order valence-corrected chi connectivity index (χ0v) is 17.3. The quantitative estimate of drug-likeness (QED) is 0.420. The van der Waals surface area contributed by atoms with Gasteiger partial charge in [-0.15, -0.1) is 11.3 Å². The van der Waals surface area contributed by atoms with E-state index in [1.54, 1.807) is 31.5 Å². The molecule has 0 fully saturated rings. The standard InChI is InChI=1S/C23H19FN4OS/c1-14-5-7-16(10-19(14)24)22(29)26-18-8-6-15(2)20(11-18)27-23-28-21(13-30-23)17-4-3-9-25-12-17/h3-13H,1-2H3,(H,26,29)(H,27,28). The van der Waals surface area contributed by atoms with Crippen molar-refractivity contribution < 1.29 is 9.18 Å². The molecule has 0 radical (unpaired) electrons. The van der Waals surface area contributed by atoms with E-state index < -0.39 is 5.82 Å². The van der Waals surface area contributed by atoms with E-state index in [1.807, 2.05) is 42.6 Å². The van der Waals surface area contributed by atoms with Crippen LogP contribution in [-0.2, 0) is 0 Å². The highest BCUT2D eigenvalue weighted by molar-refractivity contribution is 7.14. The Morgan fingerprint density at radius 3 is 2.67 bits per heavy atom. The molecule has 0 saturated carbocycles. The minimum atomic E-state index is -0.401. The number of nitrogens with one attached hydrogen (secondary N) is 2. The monoisotopic (exact) mass is 418 g/mol. The molecule has 150 valence electrons. The molecular weight excluding hydrogens is 399 g/mol. The number of hydrogen-bond acceptors (Lipinski definition) is 5. The van der Waals surface area contributed by atoms with Crippen LogP contribution in [0.15, 0.2) is 66.3 Å². The van der Waals surface area contributed by atoms with Crippen molar-refractivity contribution in [3.8, 4) is 11.3 Å². The fourth-order valence-corrected chi connectivity index (χ4v) is 3.60. The molecule has 0 atom stereocenters. The first-order valence-corrected chi connectivity index (χ1v) is 10.2. The Labute approximate surface area is 177 Å². The van der Waals surface area contributed by atoms with Crippen LogP contribution in [0.25, 0.3) is 11.3 Å². The smallest absolute Gasteiger partial charge is 0.255 e. The Balaban J connectivity index is 1.51. The second-order valence-electron chi connectivity index (χ2n) is 6.85. The van der Waals surface area contributed by atoms with Crippen molar-refractivity contribution in [3.05, 3.63) is 88.8 Å². The van der Waals surface area contributed by atoms with Gasteiger partial charge in [0.1, 0.15) is 5.82 Å². The van der Waals surface area contributed by atoms with Gasteiger partial charge in [0, 0.05) is 40.3 Å². The zero-order valence-electron chi connectivity index (χ0n) is 16.4. The molecule has 0 aliphatic rings. The summed E-state index contributed by atoms with van der Waals surface area (Å²) in [6.45, 7) is 3.63. The van der Waals surface area contributed by atoms with Crippen LogP contribution < -0.4 is 10.6 Å². The number of thiazole rings is 1. The number of rotatable bonds is 5. The van der Waals surface area contributed by atoms with Gasteiger partial charge in [0.05, 0.1) is 5.69 Å². The lowest BCUT2D eigenvalue weighted by Gasteiger charge is -2.11. The van der Waals surface area contributed by atoms with Gasteiger partial charge in [0.2, 0.25) is 0 Å². The number of benzene rings is 2. The molecule has 0 aliphatic heterocycles. The Morgan fingerprint density at radius 2 is 1.90 bits per heavy atom. The number of hydrogen-bond donors (Lipinski definition) is 2. The average molecular weight is 418 g/mol. The SMILES string of the molecule is Cc1ccc(C(=O)Nc2ccc(C)c(Nc3nc(-c4cccnc4)cs3)c2)cc1F. The number of aryl methyl sites for hydroxylation is 2. The second-order valence-corrected chi connectivity index (χ2v) is 7.71. The number of halogens is 1.